The van der Waals surface area contributed by atoms with Gasteiger partial charge < -0.3 is 4.74 Å². The largest absolute Gasteiger partial charge is 0.485 e. The van der Waals surface area contributed by atoms with E-state index >= 15 is 0 Å². The summed E-state index contributed by atoms with van der Waals surface area (Å²) in [4.78, 5) is 0. The predicted molar refractivity (Wildman–Crippen MR) is 81.5 cm³/mol. The number of hydrogen-bond acceptors (Lipinski definition) is 1. The normalized spacial score (nSPS) is 17.2. The summed E-state index contributed by atoms with van der Waals surface area (Å²) in [6.45, 7) is 2.24. The smallest absolute Gasteiger partial charge is 0.135 e. The van der Waals surface area contributed by atoms with E-state index < -0.39 is 0 Å². The van der Waals surface area contributed by atoms with E-state index in [1.54, 1.807) is 0 Å². The molecule has 1 aliphatic rings. The number of benzene rings is 2. The Bertz CT molecular complexity index is 598. The van der Waals surface area contributed by atoms with E-state index in [1.165, 1.54) is 35.6 Å². The molecule has 0 aliphatic carbocycles. The zero-order valence-corrected chi connectivity index (χ0v) is 11.4. The van der Waals surface area contributed by atoms with Crippen LogP contribution in [0, 0.1) is 0 Å². The van der Waals surface area contributed by atoms with Gasteiger partial charge in [-0.3, -0.25) is 0 Å². The van der Waals surface area contributed by atoms with Crippen LogP contribution in [-0.2, 0) is 0 Å². The molecule has 0 fully saturated rings. The van der Waals surface area contributed by atoms with Crippen molar-refractivity contribution in [1.29, 1.82) is 0 Å². The van der Waals surface area contributed by atoms with Gasteiger partial charge >= 0.3 is 0 Å². The van der Waals surface area contributed by atoms with Crippen molar-refractivity contribution in [2.45, 2.75) is 38.7 Å². The molecule has 1 atom stereocenters. The van der Waals surface area contributed by atoms with Crippen LogP contribution < -0.4 is 4.74 Å². The molecule has 0 spiro atoms. The maximum Gasteiger partial charge on any atom is 0.135 e. The van der Waals surface area contributed by atoms with E-state index in [9.17, 15) is 0 Å². The zero-order chi connectivity index (χ0) is 13.1. The number of rotatable bonds is 4. The molecule has 0 aromatic heterocycles. The van der Waals surface area contributed by atoms with Gasteiger partial charge in [-0.2, -0.15) is 0 Å². The van der Waals surface area contributed by atoms with Crippen molar-refractivity contribution in [3.8, 4) is 5.75 Å². The summed E-state index contributed by atoms with van der Waals surface area (Å²) in [5, 5.41) is 2.48. The third-order valence-electron chi connectivity index (χ3n) is 3.76. The highest BCUT2D eigenvalue weighted by Gasteiger charge is 2.16. The molecule has 98 valence electrons. The second kappa shape index (κ2) is 5.48. The number of ether oxygens (including phenoxy) is 1. The van der Waals surface area contributed by atoms with Gasteiger partial charge in [-0.25, -0.2) is 0 Å². The minimum atomic E-state index is 0.241. The Balaban J connectivity index is 1.88. The third kappa shape index (κ3) is 2.51. The molecule has 0 radical (unpaired) electrons. The van der Waals surface area contributed by atoms with Crippen LogP contribution >= 0.6 is 0 Å². The van der Waals surface area contributed by atoms with Crippen molar-refractivity contribution in [3.05, 3.63) is 48.0 Å². The monoisotopic (exact) mass is 252 g/mol. The zero-order valence-electron chi connectivity index (χ0n) is 11.4. The van der Waals surface area contributed by atoms with Gasteiger partial charge in [-0.15, -0.1) is 0 Å². The van der Waals surface area contributed by atoms with E-state index in [0.29, 0.717) is 0 Å². The fourth-order valence-electron chi connectivity index (χ4n) is 2.67. The Morgan fingerprint density at radius 2 is 1.95 bits per heavy atom. The highest BCUT2D eigenvalue weighted by Crippen LogP contribution is 2.35. The van der Waals surface area contributed by atoms with E-state index in [0.717, 1.165) is 12.2 Å². The van der Waals surface area contributed by atoms with Gasteiger partial charge in [-0.1, -0.05) is 62.2 Å². The molecule has 1 heteroatoms. The lowest BCUT2D eigenvalue weighted by molar-refractivity contribution is 0.233. The topological polar surface area (TPSA) is 9.23 Å². The molecule has 3 rings (SSSR count). The number of hydrogen-bond donors (Lipinski definition) is 0. The number of unbranched alkanes of at least 4 members (excludes halogenated alkanes) is 2. The molecule has 0 N–H and O–H groups in total. The van der Waals surface area contributed by atoms with Gasteiger partial charge in [-0.05, 0) is 24.3 Å². The lowest BCUT2D eigenvalue weighted by Crippen LogP contribution is -2.16. The van der Waals surface area contributed by atoms with Crippen LogP contribution in [0.5, 0.6) is 5.75 Å². The van der Waals surface area contributed by atoms with Crippen molar-refractivity contribution in [3.63, 3.8) is 0 Å². The van der Waals surface area contributed by atoms with Gasteiger partial charge in [0.15, 0.2) is 0 Å². The van der Waals surface area contributed by atoms with Crippen molar-refractivity contribution in [2.75, 3.05) is 0 Å². The van der Waals surface area contributed by atoms with E-state index in [1.807, 2.05) is 0 Å². The Labute approximate surface area is 114 Å². The van der Waals surface area contributed by atoms with Gasteiger partial charge in [0, 0.05) is 10.9 Å². The molecular formula is C18H20O. The van der Waals surface area contributed by atoms with Gasteiger partial charge in [0.25, 0.3) is 0 Å². The van der Waals surface area contributed by atoms with Crippen LogP contribution in [0.3, 0.4) is 0 Å². The van der Waals surface area contributed by atoms with Crippen molar-refractivity contribution in [1.82, 2.24) is 0 Å². The molecule has 1 heterocycles. The first-order valence-electron chi connectivity index (χ1n) is 7.25. The molecule has 1 aliphatic heterocycles. The summed E-state index contributed by atoms with van der Waals surface area (Å²) in [6, 6.07) is 12.8. The van der Waals surface area contributed by atoms with E-state index in [2.05, 4.69) is 55.5 Å². The van der Waals surface area contributed by atoms with E-state index in [-0.39, 0.29) is 6.10 Å². The van der Waals surface area contributed by atoms with Crippen LogP contribution in [0.4, 0.5) is 0 Å². The summed E-state index contributed by atoms with van der Waals surface area (Å²) >= 11 is 0. The predicted octanol–water partition coefficient (Wildman–Crippen LogP) is 5.19. The molecule has 0 bridgehead atoms. The first kappa shape index (κ1) is 12.3. The highest BCUT2D eigenvalue weighted by atomic mass is 16.5. The van der Waals surface area contributed by atoms with Crippen LogP contribution in [0.1, 0.15) is 38.2 Å². The third-order valence-corrected chi connectivity index (χ3v) is 3.76. The lowest BCUT2D eigenvalue weighted by Gasteiger charge is -2.23. The lowest BCUT2D eigenvalue weighted by atomic mass is 10.0. The molecule has 2 aromatic carbocycles. The van der Waals surface area contributed by atoms with E-state index in [4.69, 9.17) is 4.74 Å². The quantitative estimate of drug-likeness (QED) is 0.680. The Kier molecular flexibility index (Phi) is 3.54. The molecule has 19 heavy (non-hydrogen) atoms. The van der Waals surface area contributed by atoms with Crippen LogP contribution in [-0.4, -0.2) is 6.10 Å². The second-order valence-electron chi connectivity index (χ2n) is 5.22. The molecule has 0 saturated heterocycles. The average Bonchev–Trinajstić information content (AvgIpc) is 2.47. The van der Waals surface area contributed by atoms with Crippen molar-refractivity contribution in [2.24, 2.45) is 0 Å². The number of fused-ring (bicyclic) bond motifs is 3. The summed E-state index contributed by atoms with van der Waals surface area (Å²) in [6.07, 6.45) is 9.56. The Morgan fingerprint density at radius 1 is 1.05 bits per heavy atom. The molecule has 0 amide bonds. The molecule has 0 saturated carbocycles. The minimum Gasteiger partial charge on any atom is -0.485 e. The summed E-state index contributed by atoms with van der Waals surface area (Å²) < 4.78 is 6.20. The van der Waals surface area contributed by atoms with Gasteiger partial charge in [0.2, 0.25) is 0 Å². The van der Waals surface area contributed by atoms with Crippen molar-refractivity contribution >= 4 is 16.8 Å². The van der Waals surface area contributed by atoms with Crippen LogP contribution in [0.25, 0.3) is 16.8 Å². The molecule has 1 nitrogen and oxygen atoms in total. The standard InChI is InChI=1S/C18H20O/c1-2-3-4-8-16-13-12-15-11-10-14-7-5-6-9-17(14)18(15)19-16/h5-7,9-13,16H,2-4,8H2,1H3. The van der Waals surface area contributed by atoms with Crippen LogP contribution in [0.15, 0.2) is 42.5 Å². The molecule has 1 unspecified atom stereocenters. The first-order chi connectivity index (χ1) is 9.38. The molecule has 2 aromatic rings. The minimum absolute atomic E-state index is 0.241. The first-order valence-corrected chi connectivity index (χ1v) is 7.25. The van der Waals surface area contributed by atoms with Crippen molar-refractivity contribution < 1.29 is 4.74 Å². The van der Waals surface area contributed by atoms with Gasteiger partial charge in [0.05, 0.1) is 0 Å². The highest BCUT2D eigenvalue weighted by molar-refractivity contribution is 5.92. The fourth-order valence-corrected chi connectivity index (χ4v) is 2.67. The van der Waals surface area contributed by atoms with Crippen LogP contribution in [0.2, 0.25) is 0 Å². The second-order valence-corrected chi connectivity index (χ2v) is 5.22. The summed E-state index contributed by atoms with van der Waals surface area (Å²) in [5.74, 6) is 1.06. The Hall–Kier alpha value is -1.76. The SMILES string of the molecule is CCCCCC1C=Cc2ccc3ccccc3c2O1. The van der Waals surface area contributed by atoms with Gasteiger partial charge in [0.1, 0.15) is 11.9 Å². The maximum atomic E-state index is 6.20. The maximum absolute atomic E-state index is 6.20. The summed E-state index contributed by atoms with van der Waals surface area (Å²) in [5.41, 5.74) is 1.20. The Morgan fingerprint density at radius 3 is 2.84 bits per heavy atom. The fraction of sp³-hybridized carbons (Fsp3) is 0.333. The summed E-state index contributed by atoms with van der Waals surface area (Å²) in [7, 11) is 0. The molecular weight excluding hydrogens is 232 g/mol. The average molecular weight is 252 g/mol.